The Balaban J connectivity index is 1.62. The van der Waals surface area contributed by atoms with Crippen molar-refractivity contribution in [3.8, 4) is 11.5 Å². The molecule has 24 heavy (non-hydrogen) atoms. The van der Waals surface area contributed by atoms with Gasteiger partial charge in [0.15, 0.2) is 17.1 Å². The average Bonchev–Trinajstić information content (AvgIpc) is 2.99. The van der Waals surface area contributed by atoms with Crippen molar-refractivity contribution in [2.45, 2.75) is 12.8 Å². The molecule has 7 heteroatoms. The molecule has 0 fully saturated rings. The summed E-state index contributed by atoms with van der Waals surface area (Å²) in [5, 5.41) is 12.5. The molecule has 0 bridgehead atoms. The topological polar surface area (TPSA) is 64.8 Å². The molecule has 4 rings (SSSR count). The lowest BCUT2D eigenvalue weighted by Crippen LogP contribution is -2.27. The molecule has 0 atom stereocenters. The Kier molecular flexibility index (Phi) is 3.68. The highest BCUT2D eigenvalue weighted by Gasteiger charge is 2.18. The molecular weight excluding hydrogens is 306 g/mol. The number of anilines is 1. The zero-order valence-corrected chi connectivity index (χ0v) is 13.8. The molecule has 0 amide bonds. The van der Waals surface area contributed by atoms with E-state index in [0.29, 0.717) is 0 Å². The maximum absolute atomic E-state index is 5.43. The van der Waals surface area contributed by atoms with Crippen LogP contribution < -0.4 is 14.4 Å². The molecule has 124 valence electrons. The largest absolute Gasteiger partial charge is 0.493 e. The van der Waals surface area contributed by atoms with Crippen molar-refractivity contribution in [3.05, 3.63) is 41.7 Å². The van der Waals surface area contributed by atoms with E-state index >= 15 is 0 Å². The van der Waals surface area contributed by atoms with Crippen molar-refractivity contribution in [2.24, 2.45) is 0 Å². The van der Waals surface area contributed by atoms with Crippen molar-refractivity contribution in [2.75, 3.05) is 32.2 Å². The first-order chi connectivity index (χ1) is 11.8. The van der Waals surface area contributed by atoms with Crippen molar-refractivity contribution < 1.29 is 9.47 Å². The summed E-state index contributed by atoms with van der Waals surface area (Å²) in [5.74, 6) is 2.51. The fraction of sp³-hybridized carbons (Fsp3) is 0.353. The molecule has 3 aromatic rings. The molecule has 0 radical (unpaired) electrons. The van der Waals surface area contributed by atoms with Gasteiger partial charge in [-0.2, -0.15) is 4.52 Å². The standard InChI is InChI=1S/C17H19N5O2/c1-23-14-9-12-5-7-21(8-6-13(12)10-15(14)24-2)17-4-3-16-19-18-11-22(16)20-17/h3-4,9-11H,5-8H2,1-2H3. The van der Waals surface area contributed by atoms with Crippen LogP contribution in [0.15, 0.2) is 30.6 Å². The third kappa shape index (κ3) is 2.51. The highest BCUT2D eigenvalue weighted by molar-refractivity contribution is 5.50. The Bertz CT molecular complexity index is 842. The van der Waals surface area contributed by atoms with Crippen LogP contribution in [0.25, 0.3) is 5.65 Å². The number of nitrogens with zero attached hydrogens (tertiary/aromatic N) is 5. The molecule has 7 nitrogen and oxygen atoms in total. The number of benzene rings is 1. The van der Waals surface area contributed by atoms with Crippen molar-refractivity contribution >= 4 is 11.5 Å². The summed E-state index contributed by atoms with van der Waals surface area (Å²) < 4.78 is 12.6. The zero-order chi connectivity index (χ0) is 16.5. The van der Waals surface area contributed by atoms with Crippen LogP contribution in [0, 0.1) is 0 Å². The van der Waals surface area contributed by atoms with Crippen LogP contribution in [0.3, 0.4) is 0 Å². The van der Waals surface area contributed by atoms with Crippen LogP contribution in [0.4, 0.5) is 5.82 Å². The van der Waals surface area contributed by atoms with Gasteiger partial charge in [-0.25, -0.2) is 0 Å². The predicted octanol–water partition coefficient (Wildman–Crippen LogP) is 1.75. The molecule has 0 spiro atoms. The molecule has 1 aliphatic rings. The van der Waals surface area contributed by atoms with E-state index in [1.807, 2.05) is 12.1 Å². The van der Waals surface area contributed by atoms with E-state index < -0.39 is 0 Å². The monoisotopic (exact) mass is 325 g/mol. The summed E-state index contributed by atoms with van der Waals surface area (Å²) in [7, 11) is 3.34. The fourth-order valence-corrected chi connectivity index (χ4v) is 3.17. The van der Waals surface area contributed by atoms with E-state index in [4.69, 9.17) is 9.47 Å². The van der Waals surface area contributed by atoms with Gasteiger partial charge in [0.25, 0.3) is 0 Å². The van der Waals surface area contributed by atoms with Gasteiger partial charge in [-0.1, -0.05) is 0 Å². The molecule has 0 N–H and O–H groups in total. The molecule has 0 saturated heterocycles. The van der Waals surface area contributed by atoms with Gasteiger partial charge in [0.05, 0.1) is 14.2 Å². The van der Waals surface area contributed by atoms with Crippen LogP contribution >= 0.6 is 0 Å². The average molecular weight is 325 g/mol. The molecule has 1 aliphatic heterocycles. The quantitative estimate of drug-likeness (QED) is 0.731. The van der Waals surface area contributed by atoms with E-state index in [2.05, 4.69) is 32.3 Å². The molecule has 0 unspecified atom stereocenters. The Hall–Kier alpha value is -2.83. The van der Waals surface area contributed by atoms with E-state index in [-0.39, 0.29) is 0 Å². The summed E-state index contributed by atoms with van der Waals surface area (Å²) in [6.07, 6.45) is 3.51. The van der Waals surface area contributed by atoms with Crippen LogP contribution in [-0.2, 0) is 12.8 Å². The Morgan fingerprint density at radius 2 is 1.62 bits per heavy atom. The lowest BCUT2D eigenvalue weighted by molar-refractivity contribution is 0.354. The maximum atomic E-state index is 5.43. The third-order valence-corrected chi connectivity index (χ3v) is 4.48. The number of aromatic nitrogens is 4. The normalized spacial score (nSPS) is 14.3. The second-order valence-corrected chi connectivity index (χ2v) is 5.79. The Labute approximate surface area is 139 Å². The second kappa shape index (κ2) is 5.99. The molecular formula is C17H19N5O2. The Morgan fingerprint density at radius 1 is 0.958 bits per heavy atom. The summed E-state index contributed by atoms with van der Waals surface area (Å²) in [6, 6.07) is 8.13. The van der Waals surface area contributed by atoms with Gasteiger partial charge in [-0.15, -0.1) is 15.3 Å². The number of methoxy groups -OCH3 is 2. The fourth-order valence-electron chi connectivity index (χ4n) is 3.17. The van der Waals surface area contributed by atoms with Crippen LogP contribution in [-0.4, -0.2) is 47.1 Å². The molecule has 0 aliphatic carbocycles. The summed E-state index contributed by atoms with van der Waals surface area (Å²) in [6.45, 7) is 1.81. The van der Waals surface area contributed by atoms with Crippen LogP contribution in [0.5, 0.6) is 11.5 Å². The van der Waals surface area contributed by atoms with E-state index in [1.54, 1.807) is 25.1 Å². The number of rotatable bonds is 3. The first-order valence-corrected chi connectivity index (χ1v) is 7.94. The summed E-state index contributed by atoms with van der Waals surface area (Å²) >= 11 is 0. The summed E-state index contributed by atoms with van der Waals surface area (Å²) in [4.78, 5) is 2.29. The van der Waals surface area contributed by atoms with E-state index in [1.165, 1.54) is 11.1 Å². The van der Waals surface area contributed by atoms with Gasteiger partial charge in [0, 0.05) is 13.1 Å². The smallest absolute Gasteiger partial charge is 0.177 e. The predicted molar refractivity (Wildman–Crippen MR) is 89.9 cm³/mol. The number of hydrogen-bond acceptors (Lipinski definition) is 6. The second-order valence-electron chi connectivity index (χ2n) is 5.79. The SMILES string of the molecule is COc1cc2c(cc1OC)CCN(c1ccc3nncn3n1)CC2. The van der Waals surface area contributed by atoms with Crippen molar-refractivity contribution in [3.63, 3.8) is 0 Å². The molecule has 0 saturated carbocycles. The highest BCUT2D eigenvalue weighted by Crippen LogP contribution is 2.32. The van der Waals surface area contributed by atoms with Gasteiger partial charge in [-0.05, 0) is 48.2 Å². The minimum absolute atomic E-state index is 0.756. The maximum Gasteiger partial charge on any atom is 0.177 e. The van der Waals surface area contributed by atoms with Crippen LogP contribution in [0.2, 0.25) is 0 Å². The van der Waals surface area contributed by atoms with Crippen molar-refractivity contribution in [1.29, 1.82) is 0 Å². The number of fused-ring (bicyclic) bond motifs is 2. The van der Waals surface area contributed by atoms with E-state index in [9.17, 15) is 0 Å². The molecule has 3 heterocycles. The van der Waals surface area contributed by atoms with Gasteiger partial charge < -0.3 is 14.4 Å². The number of ether oxygens (including phenoxy) is 2. The molecule has 1 aromatic carbocycles. The van der Waals surface area contributed by atoms with Gasteiger partial charge in [0.1, 0.15) is 12.1 Å². The van der Waals surface area contributed by atoms with Crippen LogP contribution in [0.1, 0.15) is 11.1 Å². The third-order valence-electron chi connectivity index (χ3n) is 4.48. The highest BCUT2D eigenvalue weighted by atomic mass is 16.5. The minimum Gasteiger partial charge on any atom is -0.493 e. The van der Waals surface area contributed by atoms with Crippen molar-refractivity contribution in [1.82, 2.24) is 19.8 Å². The first kappa shape index (κ1) is 14.7. The van der Waals surface area contributed by atoms with Gasteiger partial charge in [0.2, 0.25) is 0 Å². The van der Waals surface area contributed by atoms with Gasteiger partial charge >= 0.3 is 0 Å². The van der Waals surface area contributed by atoms with E-state index in [0.717, 1.165) is 48.9 Å². The Morgan fingerprint density at radius 3 is 2.25 bits per heavy atom. The first-order valence-electron chi connectivity index (χ1n) is 7.94. The lowest BCUT2D eigenvalue weighted by Gasteiger charge is -2.20. The number of hydrogen-bond donors (Lipinski definition) is 0. The zero-order valence-electron chi connectivity index (χ0n) is 13.8. The minimum atomic E-state index is 0.756. The summed E-state index contributed by atoms with van der Waals surface area (Å²) in [5.41, 5.74) is 3.37. The lowest BCUT2D eigenvalue weighted by atomic mass is 10.0. The van der Waals surface area contributed by atoms with Gasteiger partial charge in [-0.3, -0.25) is 0 Å². The molecule has 2 aromatic heterocycles.